The Morgan fingerprint density at radius 1 is 1.06 bits per heavy atom. The summed E-state index contributed by atoms with van der Waals surface area (Å²) in [5.74, 6) is 0.488. The zero-order valence-corrected chi connectivity index (χ0v) is 20.8. The molecule has 1 aliphatic heterocycles. The van der Waals surface area contributed by atoms with Crippen LogP contribution in [0.1, 0.15) is 66.1 Å². The molecule has 0 bridgehead atoms. The predicted molar refractivity (Wildman–Crippen MR) is 138 cm³/mol. The van der Waals surface area contributed by atoms with Crippen LogP contribution in [0.25, 0.3) is 11.8 Å². The lowest BCUT2D eigenvalue weighted by Gasteiger charge is -2.49. The van der Waals surface area contributed by atoms with Crippen molar-refractivity contribution in [2.75, 3.05) is 18.0 Å². The third-order valence-electron chi connectivity index (χ3n) is 7.69. The highest BCUT2D eigenvalue weighted by molar-refractivity contribution is 6.37. The maximum absolute atomic E-state index is 11.1. The van der Waals surface area contributed by atoms with Gasteiger partial charge in [0.1, 0.15) is 11.5 Å². The monoisotopic (exact) mass is 508 g/mol. The molecule has 6 rings (SSSR count). The highest BCUT2D eigenvalue weighted by Crippen LogP contribution is 2.54. The number of anilines is 1. The van der Waals surface area contributed by atoms with Crippen LogP contribution in [0.3, 0.4) is 0 Å². The van der Waals surface area contributed by atoms with Crippen molar-refractivity contribution < 1.29 is 9.90 Å². The van der Waals surface area contributed by atoms with E-state index in [1.807, 2.05) is 35.1 Å². The molecule has 1 saturated heterocycles. The number of hydrogen-bond acceptors (Lipinski definition) is 4. The van der Waals surface area contributed by atoms with Crippen LogP contribution >= 0.6 is 23.2 Å². The molecule has 1 N–H and O–H groups in total. The molecular weight excluding hydrogens is 483 g/mol. The van der Waals surface area contributed by atoms with E-state index in [4.69, 9.17) is 33.4 Å². The quantitative estimate of drug-likeness (QED) is 0.419. The third-order valence-corrected chi connectivity index (χ3v) is 8.30. The molecule has 3 heterocycles. The lowest BCUT2D eigenvalue weighted by molar-refractivity contribution is 0.0696. The first-order valence-corrected chi connectivity index (χ1v) is 12.8. The molecule has 2 aromatic heterocycles. The zero-order valence-electron chi connectivity index (χ0n) is 19.3. The molecule has 2 aliphatic carbocycles. The molecule has 8 heteroatoms. The molecule has 0 atom stereocenters. The Hall–Kier alpha value is -2.83. The number of aromatic nitrogens is 3. The number of para-hydroxylation sites is 1. The molecule has 2 saturated carbocycles. The largest absolute Gasteiger partial charge is 0.478 e. The van der Waals surface area contributed by atoms with Crippen LogP contribution < -0.4 is 4.90 Å². The van der Waals surface area contributed by atoms with Crippen molar-refractivity contribution >= 4 is 41.1 Å². The van der Waals surface area contributed by atoms with Crippen molar-refractivity contribution in [3.05, 3.63) is 75.2 Å². The molecule has 3 aromatic rings. The fraction of sp³-hybridized carbons (Fsp3) is 0.370. The summed E-state index contributed by atoms with van der Waals surface area (Å²) in [5, 5.41) is 15.0. The van der Waals surface area contributed by atoms with Gasteiger partial charge in [0.2, 0.25) is 0 Å². The Bertz CT molecular complexity index is 1290. The Morgan fingerprint density at radius 2 is 1.77 bits per heavy atom. The second-order valence-corrected chi connectivity index (χ2v) is 10.9. The van der Waals surface area contributed by atoms with Gasteiger partial charge in [0.25, 0.3) is 0 Å². The van der Waals surface area contributed by atoms with Gasteiger partial charge >= 0.3 is 5.97 Å². The van der Waals surface area contributed by atoms with Crippen molar-refractivity contribution in [2.24, 2.45) is 5.41 Å². The number of nitrogens with zero attached hydrogens (tertiary/aromatic N) is 4. The average Bonchev–Trinajstić information content (AvgIpc) is 3.60. The molecule has 0 radical (unpaired) electrons. The number of benzene rings is 1. The summed E-state index contributed by atoms with van der Waals surface area (Å²) in [6.07, 6.45) is 12.6. The van der Waals surface area contributed by atoms with E-state index in [9.17, 15) is 4.79 Å². The van der Waals surface area contributed by atoms with Crippen LogP contribution in [0.5, 0.6) is 0 Å². The van der Waals surface area contributed by atoms with E-state index < -0.39 is 5.97 Å². The number of hydrogen-bond donors (Lipinski definition) is 1. The highest BCUT2D eigenvalue weighted by Gasteiger charge is 2.43. The van der Waals surface area contributed by atoms with Gasteiger partial charge < -0.3 is 10.0 Å². The third kappa shape index (κ3) is 4.23. The van der Waals surface area contributed by atoms with Crippen molar-refractivity contribution in [3.63, 3.8) is 0 Å². The number of carboxylic acid groups (broad SMARTS) is 1. The fourth-order valence-corrected chi connectivity index (χ4v) is 6.12. The van der Waals surface area contributed by atoms with Gasteiger partial charge in [-0.1, -0.05) is 34.8 Å². The smallest absolute Gasteiger partial charge is 0.337 e. The van der Waals surface area contributed by atoms with Crippen LogP contribution in [0, 0.1) is 5.41 Å². The van der Waals surface area contributed by atoms with Gasteiger partial charge in [0.15, 0.2) is 0 Å². The van der Waals surface area contributed by atoms with Gasteiger partial charge in [-0.25, -0.2) is 14.5 Å². The number of halogens is 2. The minimum atomic E-state index is -0.946. The lowest BCUT2D eigenvalue weighted by Crippen LogP contribution is -2.44. The van der Waals surface area contributed by atoms with Crippen LogP contribution in [0.4, 0.5) is 5.82 Å². The number of rotatable bonds is 5. The van der Waals surface area contributed by atoms with E-state index in [1.54, 1.807) is 6.07 Å². The first-order chi connectivity index (χ1) is 16.9. The lowest BCUT2D eigenvalue weighted by atomic mass is 9.60. The van der Waals surface area contributed by atoms with Crippen molar-refractivity contribution in [1.82, 2.24) is 14.8 Å². The average molecular weight is 509 g/mol. The molecule has 35 heavy (non-hydrogen) atoms. The molecule has 1 spiro atoms. The summed E-state index contributed by atoms with van der Waals surface area (Å²) in [7, 11) is 0. The summed E-state index contributed by atoms with van der Waals surface area (Å²) in [6.45, 7) is 1.88. The minimum absolute atomic E-state index is 0.221. The van der Waals surface area contributed by atoms with Crippen molar-refractivity contribution in [2.45, 2.75) is 44.4 Å². The topological polar surface area (TPSA) is 71.2 Å². The molecular formula is C27H26Cl2N4O2. The molecule has 3 fully saturated rings. The maximum atomic E-state index is 11.1. The van der Waals surface area contributed by atoms with Crippen LogP contribution in [-0.2, 0) is 0 Å². The van der Waals surface area contributed by atoms with Crippen molar-refractivity contribution in [1.29, 1.82) is 0 Å². The van der Waals surface area contributed by atoms with Gasteiger partial charge in [-0.15, -0.1) is 0 Å². The number of pyridine rings is 1. The molecule has 3 aliphatic rings. The number of allylic oxidation sites excluding steroid dienone is 1. The van der Waals surface area contributed by atoms with Gasteiger partial charge in [-0.05, 0) is 80.2 Å². The molecule has 0 amide bonds. The van der Waals surface area contributed by atoms with Crippen LogP contribution in [0.15, 0.2) is 48.3 Å². The number of carboxylic acids is 1. The summed E-state index contributed by atoms with van der Waals surface area (Å²) in [4.78, 5) is 17.7. The Labute approximate surface area is 214 Å². The van der Waals surface area contributed by atoms with E-state index in [1.165, 1.54) is 30.2 Å². The first-order valence-electron chi connectivity index (χ1n) is 12.1. The van der Waals surface area contributed by atoms with Gasteiger partial charge in [0, 0.05) is 24.8 Å². The fourth-order valence-electron chi connectivity index (χ4n) is 5.56. The number of piperidine rings is 1. The number of carbonyl (C=O) groups is 1. The summed E-state index contributed by atoms with van der Waals surface area (Å²) < 4.78 is 1.92. The molecule has 0 unspecified atom stereocenters. The van der Waals surface area contributed by atoms with Gasteiger partial charge in [-0.2, -0.15) is 5.10 Å². The van der Waals surface area contributed by atoms with Gasteiger partial charge in [-0.3, -0.25) is 0 Å². The first kappa shape index (κ1) is 22.6. The molecule has 180 valence electrons. The highest BCUT2D eigenvalue weighted by atomic mass is 35.5. The Balaban J connectivity index is 1.18. The number of aromatic carboxylic acids is 1. The van der Waals surface area contributed by atoms with E-state index in [2.05, 4.69) is 16.0 Å². The second-order valence-electron chi connectivity index (χ2n) is 10.1. The Morgan fingerprint density at radius 3 is 2.37 bits per heavy atom. The summed E-state index contributed by atoms with van der Waals surface area (Å²) in [6, 6.07) is 9.01. The maximum Gasteiger partial charge on any atom is 0.337 e. The normalized spacial score (nSPS) is 19.0. The van der Waals surface area contributed by atoms with Crippen molar-refractivity contribution in [3.8, 4) is 5.69 Å². The zero-order chi connectivity index (χ0) is 24.2. The minimum Gasteiger partial charge on any atom is -0.478 e. The van der Waals surface area contributed by atoms with Gasteiger partial charge in [0.05, 0.1) is 27.5 Å². The Kier molecular flexibility index (Phi) is 5.61. The van der Waals surface area contributed by atoms with Crippen LogP contribution in [-0.4, -0.2) is 38.9 Å². The molecule has 1 aromatic carbocycles. The standard InChI is InChI=1S/C27H26Cl2N4O2/c28-21-2-1-3-22(29)25(21)33-23(20(16-31-33)18-4-5-18)12-17-13-27(14-17)8-10-32(11-9-27)24-7-6-19(15-30-24)26(34)35/h1-3,6-7,12,15-16,18H,4-5,8-11,13-14H2,(H,34,35). The molecule has 6 nitrogen and oxygen atoms in total. The van der Waals surface area contributed by atoms with E-state index in [0.717, 1.165) is 56.0 Å². The SMILES string of the molecule is O=C(O)c1ccc(N2CCC3(CC2)CC(=Cc2c(C4CC4)cnn2-c2c(Cl)cccc2Cl)C3)nc1. The summed E-state index contributed by atoms with van der Waals surface area (Å²) >= 11 is 13.0. The predicted octanol–water partition coefficient (Wildman–Crippen LogP) is 6.61. The van der Waals surface area contributed by atoms with E-state index >= 15 is 0 Å². The van der Waals surface area contributed by atoms with E-state index in [-0.39, 0.29) is 5.56 Å². The van der Waals surface area contributed by atoms with Crippen LogP contribution in [0.2, 0.25) is 10.0 Å². The summed E-state index contributed by atoms with van der Waals surface area (Å²) in [5.41, 5.74) is 5.18. The van der Waals surface area contributed by atoms with E-state index in [0.29, 0.717) is 21.4 Å². The second kappa shape index (κ2) is 8.68.